The van der Waals surface area contributed by atoms with E-state index in [1.807, 2.05) is 30.3 Å². The van der Waals surface area contributed by atoms with Crippen LogP contribution in [0.4, 0.5) is 17.1 Å². The molecule has 11 heteroatoms. The number of thioether (sulfide) groups is 1. The zero-order valence-electron chi connectivity index (χ0n) is 25.5. The van der Waals surface area contributed by atoms with E-state index in [0.717, 1.165) is 10.5 Å². The molecule has 3 N–H and O–H groups in total. The van der Waals surface area contributed by atoms with Crippen LogP contribution in [0.2, 0.25) is 0 Å². The fourth-order valence-electron chi connectivity index (χ4n) is 4.36. The van der Waals surface area contributed by atoms with Gasteiger partial charge in [-0.25, -0.2) is 0 Å². The molecular weight excluding hydrogens is 628 g/mol. The van der Waals surface area contributed by atoms with Gasteiger partial charge in [-0.2, -0.15) is 0 Å². The van der Waals surface area contributed by atoms with Crippen molar-refractivity contribution in [3.05, 3.63) is 166 Å². The Hall–Kier alpha value is -6.20. The summed E-state index contributed by atoms with van der Waals surface area (Å²) in [5, 5.41) is 19.1. The third-order valence-corrected chi connectivity index (χ3v) is 7.82. The van der Waals surface area contributed by atoms with Crippen LogP contribution in [0.25, 0.3) is 6.08 Å². The molecule has 0 saturated heterocycles. The molecule has 240 valence electrons. The number of ether oxygens (including phenoxy) is 1. The molecule has 0 aliphatic heterocycles. The van der Waals surface area contributed by atoms with Crippen LogP contribution in [0, 0.1) is 10.1 Å². The number of nitro groups is 1. The predicted molar refractivity (Wildman–Crippen MR) is 187 cm³/mol. The lowest BCUT2D eigenvalue weighted by Gasteiger charge is -2.12. The topological polar surface area (TPSA) is 140 Å². The van der Waals surface area contributed by atoms with E-state index in [2.05, 4.69) is 16.0 Å². The summed E-state index contributed by atoms with van der Waals surface area (Å²) in [5.41, 5.74) is 3.06. The fourth-order valence-corrected chi connectivity index (χ4v) is 5.05. The van der Waals surface area contributed by atoms with E-state index < -0.39 is 16.7 Å². The largest absolute Gasteiger partial charge is 0.489 e. The van der Waals surface area contributed by atoms with Gasteiger partial charge in [0.15, 0.2) is 0 Å². The van der Waals surface area contributed by atoms with Crippen LogP contribution in [0.3, 0.4) is 0 Å². The Morgan fingerprint density at radius 2 is 1.33 bits per heavy atom. The predicted octanol–water partition coefficient (Wildman–Crippen LogP) is 7.31. The third-order valence-electron chi connectivity index (χ3n) is 6.81. The van der Waals surface area contributed by atoms with Crippen molar-refractivity contribution in [2.75, 3.05) is 16.4 Å². The highest BCUT2D eigenvalue weighted by atomic mass is 32.2. The average Bonchev–Trinajstić information content (AvgIpc) is 3.11. The van der Waals surface area contributed by atoms with Gasteiger partial charge in [0.2, 0.25) is 5.91 Å². The first kappa shape index (κ1) is 33.2. The number of amides is 3. The number of benzene rings is 5. The lowest BCUT2D eigenvalue weighted by molar-refractivity contribution is -0.384. The Balaban J connectivity index is 1.21. The van der Waals surface area contributed by atoms with Crippen molar-refractivity contribution in [3.8, 4) is 5.75 Å². The summed E-state index contributed by atoms with van der Waals surface area (Å²) in [6.07, 6.45) is 1.59. The van der Waals surface area contributed by atoms with Crippen molar-refractivity contribution >= 4 is 52.6 Å². The molecule has 0 fully saturated rings. The van der Waals surface area contributed by atoms with E-state index in [1.165, 1.54) is 36.0 Å². The van der Waals surface area contributed by atoms with Gasteiger partial charge in [0, 0.05) is 34.0 Å². The van der Waals surface area contributed by atoms with Crippen LogP contribution in [-0.2, 0) is 16.2 Å². The molecule has 0 atom stereocenters. The average molecular weight is 659 g/mol. The van der Waals surface area contributed by atoms with E-state index in [1.54, 1.807) is 84.9 Å². The molecule has 3 amide bonds. The van der Waals surface area contributed by atoms with Gasteiger partial charge in [0.1, 0.15) is 18.1 Å². The standard InChI is InChI=1S/C37H30N4O6S/c42-35(38-29-13-17-31(18-14-29)41(45)46)25-48-33-21-15-30(16-22-33)39-37(44)34(40-36(43)28-9-5-2-6-10-28)23-26-11-19-32(20-12-26)47-24-27-7-3-1-4-8-27/h1-23H,24-25H2,(H,38,42)(H,39,44)(H,40,43)/b34-23-. The second kappa shape index (κ2) is 16.4. The summed E-state index contributed by atoms with van der Waals surface area (Å²) in [6.45, 7) is 0.420. The van der Waals surface area contributed by atoms with Crippen molar-refractivity contribution in [2.24, 2.45) is 0 Å². The second-order valence-electron chi connectivity index (χ2n) is 10.3. The third kappa shape index (κ3) is 9.90. The van der Waals surface area contributed by atoms with Crippen molar-refractivity contribution in [1.29, 1.82) is 0 Å². The number of nitrogens with one attached hydrogen (secondary N) is 3. The summed E-state index contributed by atoms with van der Waals surface area (Å²) in [5.74, 6) is -0.454. The van der Waals surface area contributed by atoms with Gasteiger partial charge in [-0.1, -0.05) is 60.7 Å². The molecule has 48 heavy (non-hydrogen) atoms. The normalized spacial score (nSPS) is 10.9. The van der Waals surface area contributed by atoms with E-state index in [-0.39, 0.29) is 23.0 Å². The van der Waals surface area contributed by atoms with Gasteiger partial charge in [-0.15, -0.1) is 11.8 Å². The molecule has 0 bridgehead atoms. The smallest absolute Gasteiger partial charge is 0.272 e. The van der Waals surface area contributed by atoms with Crippen LogP contribution in [0.1, 0.15) is 21.5 Å². The molecule has 0 spiro atoms. The molecule has 0 aliphatic rings. The number of carbonyl (C=O) groups is 3. The van der Waals surface area contributed by atoms with Crippen molar-refractivity contribution in [3.63, 3.8) is 0 Å². The first-order chi connectivity index (χ1) is 23.3. The Morgan fingerprint density at radius 3 is 1.98 bits per heavy atom. The highest BCUT2D eigenvalue weighted by Gasteiger charge is 2.15. The first-order valence-corrected chi connectivity index (χ1v) is 15.7. The summed E-state index contributed by atoms with van der Waals surface area (Å²) < 4.78 is 5.86. The lowest BCUT2D eigenvalue weighted by atomic mass is 10.1. The molecule has 0 radical (unpaired) electrons. The zero-order chi connectivity index (χ0) is 33.7. The SMILES string of the molecule is O=C(CSc1ccc(NC(=O)/C(=C/c2ccc(OCc3ccccc3)cc2)NC(=O)c2ccccc2)cc1)Nc1ccc([N+](=O)[O-])cc1. The summed E-state index contributed by atoms with van der Waals surface area (Å²) in [7, 11) is 0. The molecule has 0 aliphatic carbocycles. The van der Waals surface area contributed by atoms with Gasteiger partial charge in [-0.3, -0.25) is 24.5 Å². The maximum absolute atomic E-state index is 13.4. The fraction of sp³-hybridized carbons (Fsp3) is 0.0541. The van der Waals surface area contributed by atoms with Gasteiger partial charge < -0.3 is 20.7 Å². The number of rotatable bonds is 13. The number of non-ortho nitro benzene ring substituents is 1. The minimum Gasteiger partial charge on any atom is -0.489 e. The van der Waals surface area contributed by atoms with Gasteiger partial charge in [0.05, 0.1) is 10.7 Å². The van der Waals surface area contributed by atoms with Crippen LogP contribution < -0.4 is 20.7 Å². The minimum absolute atomic E-state index is 0.0446. The van der Waals surface area contributed by atoms with Crippen LogP contribution >= 0.6 is 11.8 Å². The van der Waals surface area contributed by atoms with Gasteiger partial charge >= 0.3 is 0 Å². The molecule has 5 aromatic carbocycles. The lowest BCUT2D eigenvalue weighted by Crippen LogP contribution is -2.30. The van der Waals surface area contributed by atoms with Gasteiger partial charge in [0.25, 0.3) is 17.5 Å². The molecular formula is C37H30N4O6S. The van der Waals surface area contributed by atoms with Crippen molar-refractivity contribution in [2.45, 2.75) is 11.5 Å². The molecule has 5 rings (SSSR count). The van der Waals surface area contributed by atoms with Crippen molar-refractivity contribution in [1.82, 2.24) is 5.32 Å². The maximum atomic E-state index is 13.4. The molecule has 5 aromatic rings. The monoisotopic (exact) mass is 658 g/mol. The van der Waals surface area contributed by atoms with Gasteiger partial charge in [-0.05, 0) is 77.9 Å². The maximum Gasteiger partial charge on any atom is 0.272 e. The minimum atomic E-state index is -0.522. The number of anilines is 2. The quantitative estimate of drug-likeness (QED) is 0.0522. The highest BCUT2D eigenvalue weighted by Crippen LogP contribution is 2.22. The number of nitro benzene ring substituents is 1. The van der Waals surface area contributed by atoms with Crippen LogP contribution in [0.5, 0.6) is 5.75 Å². The Bertz CT molecular complexity index is 1900. The van der Waals surface area contributed by atoms with E-state index in [4.69, 9.17) is 4.74 Å². The number of hydrogen-bond acceptors (Lipinski definition) is 7. The summed E-state index contributed by atoms with van der Waals surface area (Å²) in [4.78, 5) is 49.9. The number of nitrogens with zero attached hydrogens (tertiary/aromatic N) is 1. The first-order valence-electron chi connectivity index (χ1n) is 14.8. The number of carbonyl (C=O) groups excluding carboxylic acids is 3. The molecule has 0 unspecified atom stereocenters. The number of hydrogen-bond donors (Lipinski definition) is 3. The highest BCUT2D eigenvalue weighted by molar-refractivity contribution is 8.00. The summed E-state index contributed by atoms with van der Waals surface area (Å²) in [6, 6.07) is 38.1. The van der Waals surface area contributed by atoms with E-state index in [0.29, 0.717) is 34.9 Å². The molecule has 0 heterocycles. The zero-order valence-corrected chi connectivity index (χ0v) is 26.3. The van der Waals surface area contributed by atoms with Crippen LogP contribution in [-0.4, -0.2) is 28.4 Å². The van der Waals surface area contributed by atoms with Crippen LogP contribution in [0.15, 0.2) is 144 Å². The Labute approximate surface area is 281 Å². The van der Waals surface area contributed by atoms with E-state index in [9.17, 15) is 24.5 Å². The molecule has 10 nitrogen and oxygen atoms in total. The van der Waals surface area contributed by atoms with E-state index >= 15 is 0 Å². The molecule has 0 saturated carbocycles. The Morgan fingerprint density at radius 1 is 0.729 bits per heavy atom. The summed E-state index contributed by atoms with van der Waals surface area (Å²) >= 11 is 1.29. The van der Waals surface area contributed by atoms with Crippen molar-refractivity contribution < 1.29 is 24.0 Å². The Kier molecular flexibility index (Phi) is 11.3. The molecule has 0 aromatic heterocycles. The second-order valence-corrected chi connectivity index (χ2v) is 11.4.